The molecule has 3 rings (SSSR count). The second kappa shape index (κ2) is 5.56. The molecule has 1 aromatic heterocycles. The summed E-state index contributed by atoms with van der Waals surface area (Å²) in [6.07, 6.45) is 18.0. The minimum atomic E-state index is 0.331. The van der Waals surface area contributed by atoms with Crippen molar-refractivity contribution >= 4 is 9.24 Å². The van der Waals surface area contributed by atoms with E-state index < -0.39 is 0 Å². The zero-order valence-electron chi connectivity index (χ0n) is 12.1. The van der Waals surface area contributed by atoms with Crippen molar-refractivity contribution in [1.82, 2.24) is 4.98 Å². The Labute approximate surface area is 119 Å². The molecule has 2 aliphatic rings. The standard InChI is InChI=1S/C16H27N2P/c1-13(19)16(14-6-2-3-7-14,15-8-4-5-9-15)18-11-10-17-12-18/h10-15H,2-9,19H2,1H3/p+1. The molecule has 0 radical (unpaired) electrons. The van der Waals surface area contributed by atoms with Gasteiger partial charge in [-0.3, -0.25) is 4.98 Å². The first kappa shape index (κ1) is 13.6. The van der Waals surface area contributed by atoms with Crippen LogP contribution in [0.1, 0.15) is 58.3 Å². The van der Waals surface area contributed by atoms with E-state index in [0.29, 0.717) is 11.2 Å². The summed E-state index contributed by atoms with van der Waals surface area (Å²) in [5.74, 6) is 1.73. The molecule has 0 spiro atoms. The van der Waals surface area contributed by atoms with Crippen LogP contribution in [0.2, 0.25) is 0 Å². The number of aromatic amines is 1. The van der Waals surface area contributed by atoms with Crippen LogP contribution >= 0.6 is 9.24 Å². The molecule has 19 heavy (non-hydrogen) atoms. The maximum Gasteiger partial charge on any atom is 0.242 e. The van der Waals surface area contributed by atoms with Crippen LogP contribution in [0.25, 0.3) is 0 Å². The van der Waals surface area contributed by atoms with Crippen LogP contribution < -0.4 is 4.57 Å². The summed E-state index contributed by atoms with van der Waals surface area (Å²) in [6, 6.07) is 0. The van der Waals surface area contributed by atoms with E-state index >= 15 is 0 Å². The molecule has 2 aliphatic carbocycles. The van der Waals surface area contributed by atoms with Crippen molar-refractivity contribution in [2.75, 3.05) is 0 Å². The normalized spacial score (nSPS) is 24.1. The van der Waals surface area contributed by atoms with Gasteiger partial charge in [-0.1, -0.05) is 32.6 Å². The van der Waals surface area contributed by atoms with Gasteiger partial charge in [0.15, 0.2) is 0 Å². The van der Waals surface area contributed by atoms with Crippen LogP contribution in [0.3, 0.4) is 0 Å². The fraction of sp³-hybridized carbons (Fsp3) is 0.812. The topological polar surface area (TPSA) is 19.7 Å². The molecule has 0 amide bonds. The first-order valence-electron chi connectivity index (χ1n) is 8.06. The van der Waals surface area contributed by atoms with Crippen molar-refractivity contribution in [2.24, 2.45) is 11.8 Å². The molecule has 0 saturated heterocycles. The number of hydrogen-bond donors (Lipinski definition) is 1. The number of aromatic nitrogens is 2. The summed E-state index contributed by atoms with van der Waals surface area (Å²) < 4.78 is 2.54. The van der Waals surface area contributed by atoms with E-state index in [-0.39, 0.29) is 0 Å². The zero-order chi connectivity index (χ0) is 13.3. The molecule has 2 saturated carbocycles. The van der Waals surface area contributed by atoms with Gasteiger partial charge in [-0.05, 0) is 25.7 Å². The van der Waals surface area contributed by atoms with Gasteiger partial charge in [0.2, 0.25) is 6.33 Å². The number of rotatable bonds is 4. The molecule has 1 heterocycles. The molecule has 2 nitrogen and oxygen atoms in total. The Hall–Kier alpha value is -0.360. The van der Waals surface area contributed by atoms with E-state index in [4.69, 9.17) is 0 Å². The number of nitrogens with one attached hydrogen (secondary N) is 1. The van der Waals surface area contributed by atoms with E-state index in [0.717, 1.165) is 11.8 Å². The van der Waals surface area contributed by atoms with Crippen LogP contribution in [0, 0.1) is 11.8 Å². The van der Waals surface area contributed by atoms with Crippen molar-refractivity contribution in [3.05, 3.63) is 18.7 Å². The molecule has 1 aromatic rings. The van der Waals surface area contributed by atoms with Gasteiger partial charge in [0.1, 0.15) is 17.9 Å². The lowest BCUT2D eigenvalue weighted by Gasteiger charge is -2.44. The largest absolute Gasteiger partial charge is 0.250 e. The van der Waals surface area contributed by atoms with Crippen LogP contribution in [-0.4, -0.2) is 10.6 Å². The highest BCUT2D eigenvalue weighted by atomic mass is 31.0. The highest BCUT2D eigenvalue weighted by Gasteiger charge is 2.53. The molecular weight excluding hydrogens is 251 g/mol. The number of hydrogen-bond acceptors (Lipinski definition) is 0. The van der Waals surface area contributed by atoms with Gasteiger partial charge in [-0.25, -0.2) is 4.57 Å². The summed E-state index contributed by atoms with van der Waals surface area (Å²) >= 11 is 0. The zero-order valence-corrected chi connectivity index (χ0v) is 13.3. The second-order valence-corrected chi connectivity index (χ2v) is 7.66. The summed E-state index contributed by atoms with van der Waals surface area (Å²) in [5.41, 5.74) is 0.969. The Morgan fingerprint density at radius 1 is 1.11 bits per heavy atom. The molecule has 2 atom stereocenters. The molecule has 2 unspecified atom stereocenters. The first-order valence-corrected chi connectivity index (χ1v) is 8.73. The number of nitrogens with zero attached hydrogens (tertiary/aromatic N) is 1. The average Bonchev–Trinajstić information content (AvgIpc) is 3.15. The summed E-state index contributed by atoms with van der Waals surface area (Å²) in [4.78, 5) is 3.29. The third-order valence-electron chi connectivity index (χ3n) is 5.74. The van der Waals surface area contributed by atoms with E-state index in [1.807, 2.05) is 0 Å². The predicted octanol–water partition coefficient (Wildman–Crippen LogP) is 3.64. The summed E-state index contributed by atoms with van der Waals surface area (Å²) in [7, 11) is 3.14. The van der Waals surface area contributed by atoms with Crippen molar-refractivity contribution in [3.8, 4) is 0 Å². The highest BCUT2D eigenvalue weighted by molar-refractivity contribution is 7.17. The maximum absolute atomic E-state index is 3.29. The predicted molar refractivity (Wildman–Crippen MR) is 82.0 cm³/mol. The Bertz CT molecular complexity index is 371. The fourth-order valence-corrected chi connectivity index (χ4v) is 5.76. The van der Waals surface area contributed by atoms with Gasteiger partial charge in [0.25, 0.3) is 0 Å². The van der Waals surface area contributed by atoms with Gasteiger partial charge in [-0.2, -0.15) is 0 Å². The van der Waals surface area contributed by atoms with E-state index in [1.54, 1.807) is 0 Å². The van der Waals surface area contributed by atoms with E-state index in [1.165, 1.54) is 51.4 Å². The third kappa shape index (κ3) is 2.17. The Morgan fingerprint density at radius 2 is 1.63 bits per heavy atom. The lowest BCUT2D eigenvalue weighted by molar-refractivity contribution is -0.779. The summed E-state index contributed by atoms with van der Waals surface area (Å²) in [6.45, 7) is 2.42. The number of H-pyrrole nitrogens is 1. The Morgan fingerprint density at radius 3 is 2.00 bits per heavy atom. The molecule has 2 fully saturated rings. The molecule has 3 heteroatoms. The van der Waals surface area contributed by atoms with Gasteiger partial charge in [0.05, 0.1) is 0 Å². The molecule has 1 N–H and O–H groups in total. The Balaban J connectivity index is 2.05. The van der Waals surface area contributed by atoms with Gasteiger partial charge < -0.3 is 0 Å². The quantitative estimate of drug-likeness (QED) is 0.641. The van der Waals surface area contributed by atoms with Crippen molar-refractivity contribution in [3.63, 3.8) is 0 Å². The second-order valence-electron chi connectivity index (χ2n) is 6.66. The maximum atomic E-state index is 3.29. The molecular formula is C16H28N2P+. The first-order chi connectivity index (χ1) is 9.26. The molecule has 0 bridgehead atoms. The number of imidazole rings is 1. The van der Waals surface area contributed by atoms with Gasteiger partial charge >= 0.3 is 0 Å². The molecule has 0 aromatic carbocycles. The summed E-state index contributed by atoms with van der Waals surface area (Å²) in [5, 5.41) is 0. The van der Waals surface area contributed by atoms with E-state index in [2.05, 4.69) is 44.4 Å². The molecule has 0 aliphatic heterocycles. The minimum Gasteiger partial charge on any atom is -0.250 e. The monoisotopic (exact) mass is 279 g/mol. The van der Waals surface area contributed by atoms with Gasteiger partial charge in [-0.15, -0.1) is 9.24 Å². The van der Waals surface area contributed by atoms with Crippen LogP contribution in [0.15, 0.2) is 18.7 Å². The highest BCUT2D eigenvalue weighted by Crippen LogP contribution is 2.49. The SMILES string of the molecule is CC(P)C(C1CCCC1)(C1CCCC1)[n+]1cc[nH]c1. The van der Waals surface area contributed by atoms with Crippen molar-refractivity contribution in [2.45, 2.75) is 69.5 Å². The lowest BCUT2D eigenvalue weighted by Crippen LogP contribution is -2.67. The van der Waals surface area contributed by atoms with Crippen LogP contribution in [0.5, 0.6) is 0 Å². The van der Waals surface area contributed by atoms with Crippen molar-refractivity contribution < 1.29 is 4.57 Å². The van der Waals surface area contributed by atoms with Crippen LogP contribution in [0.4, 0.5) is 0 Å². The Kier molecular flexibility index (Phi) is 3.98. The van der Waals surface area contributed by atoms with E-state index in [9.17, 15) is 0 Å². The van der Waals surface area contributed by atoms with Gasteiger partial charge in [0, 0.05) is 17.5 Å². The third-order valence-corrected chi connectivity index (χ3v) is 6.27. The lowest BCUT2D eigenvalue weighted by atomic mass is 9.69. The minimum absolute atomic E-state index is 0.331. The fourth-order valence-electron chi connectivity index (χ4n) is 5.04. The molecule has 106 valence electrons. The average molecular weight is 279 g/mol. The van der Waals surface area contributed by atoms with Crippen molar-refractivity contribution in [1.29, 1.82) is 0 Å². The van der Waals surface area contributed by atoms with Crippen LogP contribution in [-0.2, 0) is 5.54 Å². The smallest absolute Gasteiger partial charge is 0.242 e.